The lowest BCUT2D eigenvalue weighted by Crippen LogP contribution is -2.50. The van der Waals surface area contributed by atoms with E-state index in [1.165, 1.54) is 24.3 Å². The number of hydrogen-bond donors (Lipinski definition) is 0. The van der Waals surface area contributed by atoms with E-state index in [0.717, 1.165) is 21.1 Å². The monoisotopic (exact) mass is 479 g/mol. The van der Waals surface area contributed by atoms with Crippen LogP contribution in [-0.2, 0) is 14.6 Å². The predicted octanol–water partition coefficient (Wildman–Crippen LogP) is 3.47. The number of hydrogen-bond acceptors (Lipinski definition) is 7. The number of halogens is 1. The van der Waals surface area contributed by atoms with Gasteiger partial charge in [0.2, 0.25) is 5.91 Å². The van der Waals surface area contributed by atoms with Gasteiger partial charge in [-0.25, -0.2) is 13.4 Å². The van der Waals surface area contributed by atoms with E-state index in [9.17, 15) is 13.2 Å². The van der Waals surface area contributed by atoms with Crippen LogP contribution in [0.2, 0.25) is 5.02 Å². The van der Waals surface area contributed by atoms with Gasteiger partial charge in [0.1, 0.15) is 17.0 Å². The van der Waals surface area contributed by atoms with Crippen molar-refractivity contribution in [2.45, 2.75) is 11.8 Å². The first-order chi connectivity index (χ1) is 14.9. The van der Waals surface area contributed by atoms with Gasteiger partial charge in [-0.2, -0.15) is 0 Å². The second kappa shape index (κ2) is 9.02. The third-order valence-electron chi connectivity index (χ3n) is 5.06. The Morgan fingerprint density at radius 2 is 1.84 bits per heavy atom. The summed E-state index contributed by atoms with van der Waals surface area (Å²) in [4.78, 5) is 21.2. The van der Waals surface area contributed by atoms with Gasteiger partial charge in [0.25, 0.3) is 0 Å². The number of thiazole rings is 1. The van der Waals surface area contributed by atoms with Crippen molar-refractivity contribution in [3.8, 4) is 5.75 Å². The number of aromatic nitrogens is 1. The molecule has 4 rings (SSSR count). The Labute approximate surface area is 190 Å². The fourth-order valence-corrected chi connectivity index (χ4v) is 5.83. The summed E-state index contributed by atoms with van der Waals surface area (Å²) >= 11 is 7.40. The number of ether oxygens (including phenoxy) is 1. The maximum Gasteiger partial charge on any atom is 0.238 e. The molecule has 2 heterocycles. The van der Waals surface area contributed by atoms with Crippen molar-refractivity contribution in [1.82, 2.24) is 9.88 Å². The van der Waals surface area contributed by atoms with Gasteiger partial charge in [0, 0.05) is 31.2 Å². The average molecular weight is 480 g/mol. The molecule has 0 atom stereocenters. The summed E-state index contributed by atoms with van der Waals surface area (Å²) in [6, 6.07) is 11.7. The Balaban J connectivity index is 1.40. The fraction of sp³-hybridized carbons (Fsp3) is 0.333. The molecule has 0 bridgehead atoms. The van der Waals surface area contributed by atoms with Crippen molar-refractivity contribution < 1.29 is 17.9 Å². The summed E-state index contributed by atoms with van der Waals surface area (Å²) in [5, 5.41) is 1.33. The van der Waals surface area contributed by atoms with E-state index in [4.69, 9.17) is 21.3 Å². The van der Waals surface area contributed by atoms with Gasteiger partial charge in [-0.15, -0.1) is 0 Å². The zero-order valence-electron chi connectivity index (χ0n) is 17.0. The van der Waals surface area contributed by atoms with Crippen LogP contribution in [0.5, 0.6) is 5.75 Å². The van der Waals surface area contributed by atoms with Crippen molar-refractivity contribution >= 4 is 54.0 Å². The molecule has 1 amide bonds. The minimum Gasteiger partial charge on any atom is -0.492 e. The van der Waals surface area contributed by atoms with E-state index in [0.29, 0.717) is 37.8 Å². The molecule has 0 radical (unpaired) electrons. The highest BCUT2D eigenvalue weighted by Gasteiger charge is 2.27. The van der Waals surface area contributed by atoms with Crippen molar-refractivity contribution in [3.63, 3.8) is 0 Å². The zero-order chi connectivity index (χ0) is 22.0. The summed E-state index contributed by atoms with van der Waals surface area (Å²) in [5.41, 5.74) is 0.844. The second-order valence-corrected chi connectivity index (χ2v) is 10.5. The van der Waals surface area contributed by atoms with Crippen molar-refractivity contribution in [2.24, 2.45) is 0 Å². The van der Waals surface area contributed by atoms with Gasteiger partial charge in [-0.05, 0) is 43.3 Å². The highest BCUT2D eigenvalue weighted by Crippen LogP contribution is 2.34. The number of rotatable bonds is 6. The van der Waals surface area contributed by atoms with E-state index in [2.05, 4.69) is 4.90 Å². The molecule has 0 unspecified atom stereocenters. The summed E-state index contributed by atoms with van der Waals surface area (Å²) in [6.07, 6.45) is 0. The Kier molecular flexibility index (Phi) is 6.36. The van der Waals surface area contributed by atoms with Crippen molar-refractivity contribution in [2.75, 3.05) is 43.4 Å². The number of amides is 1. The number of anilines is 1. The Bertz CT molecular complexity index is 1190. The third-order valence-corrected chi connectivity index (χ3v) is 8.01. The maximum absolute atomic E-state index is 12.6. The van der Waals surface area contributed by atoms with Gasteiger partial charge in [-0.3, -0.25) is 4.79 Å². The predicted molar refractivity (Wildman–Crippen MR) is 123 cm³/mol. The Morgan fingerprint density at radius 3 is 2.52 bits per heavy atom. The Morgan fingerprint density at radius 1 is 1.13 bits per heavy atom. The molecule has 0 N–H and O–H groups in total. The van der Waals surface area contributed by atoms with Crippen LogP contribution in [0.3, 0.4) is 0 Å². The van der Waals surface area contributed by atoms with Crippen LogP contribution >= 0.6 is 22.9 Å². The second-order valence-electron chi connectivity index (χ2n) is 7.11. The molecule has 0 spiro atoms. The lowest BCUT2D eigenvalue weighted by atomic mass is 10.3. The number of para-hydroxylation sites is 1. The van der Waals surface area contributed by atoms with E-state index in [1.54, 1.807) is 16.2 Å². The molecule has 1 aliphatic rings. The number of fused-ring (bicyclic) bond motifs is 1. The van der Waals surface area contributed by atoms with Crippen LogP contribution < -0.4 is 9.64 Å². The molecule has 0 aliphatic carbocycles. The van der Waals surface area contributed by atoms with E-state index in [-0.39, 0.29) is 4.90 Å². The number of carbonyl (C=O) groups excluding carboxylic acids is 1. The van der Waals surface area contributed by atoms with Gasteiger partial charge >= 0.3 is 0 Å². The standard InChI is InChI=1S/C21H22ClN3O4S2/c1-2-29-17-4-3-5-18-20(17)23-21(30-18)25-12-10-24(11-13-25)19(26)14-31(27,28)16-8-6-15(22)7-9-16/h3-9H,2,10-14H2,1H3. The summed E-state index contributed by atoms with van der Waals surface area (Å²) in [5.74, 6) is -0.172. The topological polar surface area (TPSA) is 79.8 Å². The molecule has 1 fully saturated rings. The highest BCUT2D eigenvalue weighted by atomic mass is 35.5. The Hall–Kier alpha value is -2.36. The molecule has 2 aromatic carbocycles. The van der Waals surface area contributed by atoms with Crippen LogP contribution in [0, 0.1) is 0 Å². The lowest BCUT2D eigenvalue weighted by Gasteiger charge is -2.34. The van der Waals surface area contributed by atoms with Gasteiger partial charge in [-0.1, -0.05) is 29.0 Å². The van der Waals surface area contributed by atoms with Crippen LogP contribution in [-0.4, -0.2) is 62.7 Å². The minimum atomic E-state index is -3.71. The molecule has 31 heavy (non-hydrogen) atoms. The van der Waals surface area contributed by atoms with E-state index < -0.39 is 21.5 Å². The SMILES string of the molecule is CCOc1cccc2sc(N3CCN(C(=O)CS(=O)(=O)c4ccc(Cl)cc4)CC3)nc12. The molecule has 1 saturated heterocycles. The summed E-state index contributed by atoms with van der Waals surface area (Å²) in [6.45, 7) is 4.60. The highest BCUT2D eigenvalue weighted by molar-refractivity contribution is 7.92. The quantitative estimate of drug-likeness (QED) is 0.538. The fourth-order valence-electron chi connectivity index (χ4n) is 3.45. The van der Waals surface area contributed by atoms with Gasteiger partial charge in [0.15, 0.2) is 15.0 Å². The first kappa shape index (κ1) is 21.9. The molecular formula is C21H22ClN3O4S2. The zero-order valence-corrected chi connectivity index (χ0v) is 19.3. The van der Waals surface area contributed by atoms with Gasteiger partial charge < -0.3 is 14.5 Å². The number of nitrogens with zero attached hydrogens (tertiary/aromatic N) is 3. The summed E-state index contributed by atoms with van der Waals surface area (Å²) in [7, 11) is -3.71. The number of benzene rings is 2. The number of piperazine rings is 1. The first-order valence-electron chi connectivity index (χ1n) is 9.91. The summed E-state index contributed by atoms with van der Waals surface area (Å²) < 4.78 is 31.8. The molecule has 1 aromatic heterocycles. The average Bonchev–Trinajstić information content (AvgIpc) is 3.19. The third kappa shape index (κ3) is 4.78. The van der Waals surface area contributed by atoms with Crippen LogP contribution in [0.15, 0.2) is 47.4 Å². The van der Waals surface area contributed by atoms with Crippen LogP contribution in [0.4, 0.5) is 5.13 Å². The first-order valence-corrected chi connectivity index (χ1v) is 12.8. The molecule has 10 heteroatoms. The van der Waals surface area contributed by atoms with Crippen molar-refractivity contribution in [3.05, 3.63) is 47.5 Å². The van der Waals surface area contributed by atoms with Crippen LogP contribution in [0.25, 0.3) is 10.2 Å². The van der Waals surface area contributed by atoms with Crippen molar-refractivity contribution in [1.29, 1.82) is 0 Å². The molecule has 0 saturated carbocycles. The normalized spacial score (nSPS) is 14.8. The number of sulfone groups is 1. The molecule has 1 aliphatic heterocycles. The molecule has 3 aromatic rings. The van der Waals surface area contributed by atoms with Gasteiger partial charge in [0.05, 0.1) is 16.2 Å². The molecular weight excluding hydrogens is 458 g/mol. The minimum absolute atomic E-state index is 0.100. The lowest BCUT2D eigenvalue weighted by molar-refractivity contribution is -0.128. The molecule has 7 nitrogen and oxygen atoms in total. The van der Waals surface area contributed by atoms with Crippen LogP contribution in [0.1, 0.15) is 6.92 Å². The maximum atomic E-state index is 12.6. The number of carbonyl (C=O) groups is 1. The van der Waals surface area contributed by atoms with E-state index >= 15 is 0 Å². The van der Waals surface area contributed by atoms with E-state index in [1.807, 2.05) is 25.1 Å². The smallest absolute Gasteiger partial charge is 0.238 e. The molecule has 164 valence electrons. The largest absolute Gasteiger partial charge is 0.492 e.